The summed E-state index contributed by atoms with van der Waals surface area (Å²) in [6.07, 6.45) is 0. The number of nitrogens with zero attached hydrogens (tertiary/aromatic N) is 3. The third-order valence-electron chi connectivity index (χ3n) is 4.64. The second-order valence-corrected chi connectivity index (χ2v) is 9.56. The number of anilines is 2. The second kappa shape index (κ2) is 8.02. The predicted molar refractivity (Wildman–Crippen MR) is 124 cm³/mol. The lowest BCUT2D eigenvalue weighted by molar-refractivity contribution is -0.132. The molecule has 154 valence electrons. The Bertz CT molecular complexity index is 1090. The number of hydrazone groups is 1. The van der Waals surface area contributed by atoms with Gasteiger partial charge in [0.1, 0.15) is 0 Å². The van der Waals surface area contributed by atoms with Crippen LogP contribution in [0.1, 0.15) is 13.8 Å². The summed E-state index contributed by atoms with van der Waals surface area (Å²) in [5, 5.41) is 6.95. The number of rotatable bonds is 4. The van der Waals surface area contributed by atoms with Crippen molar-refractivity contribution in [3.05, 3.63) is 70.2 Å². The van der Waals surface area contributed by atoms with E-state index in [-0.39, 0.29) is 10.8 Å². The monoisotopic (exact) mass is 459 g/mol. The molecule has 2 heterocycles. The van der Waals surface area contributed by atoms with E-state index >= 15 is 0 Å². The number of Topliss-reactive ketones (excluding diaryl/α,β-unsaturated/α-hetero) is 1. The summed E-state index contributed by atoms with van der Waals surface area (Å²) in [5.41, 5.74) is 2.27. The Morgan fingerprint density at radius 1 is 1.07 bits per heavy atom. The molecule has 0 radical (unpaired) electrons. The molecule has 2 aliphatic rings. The molecule has 0 N–H and O–H groups in total. The summed E-state index contributed by atoms with van der Waals surface area (Å²) in [5.74, 6) is -0.599. The first kappa shape index (κ1) is 20.8. The number of hydrogen-bond acceptors (Lipinski definition) is 8. The number of para-hydroxylation sites is 2. The number of thioether (sulfide) groups is 2. The molecule has 0 aromatic heterocycles. The van der Waals surface area contributed by atoms with E-state index in [1.54, 1.807) is 11.1 Å². The van der Waals surface area contributed by atoms with Crippen molar-refractivity contribution in [2.45, 2.75) is 18.2 Å². The Hall–Kier alpha value is -2.42. The first-order chi connectivity index (χ1) is 14.4. The van der Waals surface area contributed by atoms with Gasteiger partial charge in [-0.05, 0) is 49.9 Å². The van der Waals surface area contributed by atoms with Crippen molar-refractivity contribution in [1.29, 1.82) is 0 Å². The zero-order valence-corrected chi connectivity index (χ0v) is 18.8. The van der Waals surface area contributed by atoms with Crippen LogP contribution < -0.4 is 9.91 Å². The minimum Gasteiger partial charge on any atom is -0.464 e. The average Bonchev–Trinajstić information content (AvgIpc) is 3.26. The molecule has 0 fully saturated rings. The lowest BCUT2D eigenvalue weighted by Gasteiger charge is -2.41. The highest BCUT2D eigenvalue weighted by molar-refractivity contribution is 8.29. The van der Waals surface area contributed by atoms with Crippen molar-refractivity contribution in [3.8, 4) is 0 Å². The number of halogens is 1. The molecule has 6 nitrogen and oxygen atoms in total. The third kappa shape index (κ3) is 3.29. The molecule has 0 amide bonds. The van der Waals surface area contributed by atoms with Gasteiger partial charge in [-0.3, -0.25) is 4.79 Å². The van der Waals surface area contributed by atoms with Crippen molar-refractivity contribution in [3.63, 3.8) is 0 Å². The van der Waals surface area contributed by atoms with Gasteiger partial charge in [-0.15, -0.1) is 0 Å². The molecular formula is C21H18ClN3O3S2. The van der Waals surface area contributed by atoms with E-state index in [1.165, 1.54) is 37.6 Å². The number of ether oxygens (including phenoxy) is 1. The molecule has 30 heavy (non-hydrogen) atoms. The summed E-state index contributed by atoms with van der Waals surface area (Å²) >= 11 is 9.09. The van der Waals surface area contributed by atoms with E-state index in [1.807, 2.05) is 60.4 Å². The van der Waals surface area contributed by atoms with Gasteiger partial charge in [-0.1, -0.05) is 53.7 Å². The molecule has 0 aliphatic carbocycles. The summed E-state index contributed by atoms with van der Waals surface area (Å²) in [6.45, 7) is 3.43. The number of hydrogen-bond donors (Lipinski definition) is 0. The number of methoxy groups -OCH3 is 1. The minimum absolute atomic E-state index is 0.0541. The number of carbonyl (C=O) groups is 2. The van der Waals surface area contributed by atoms with Crippen LogP contribution in [-0.4, -0.2) is 28.2 Å². The van der Waals surface area contributed by atoms with Crippen molar-refractivity contribution in [2.24, 2.45) is 5.10 Å². The number of ketones is 1. The molecule has 0 unspecified atom stereocenters. The highest BCUT2D eigenvalue weighted by atomic mass is 35.5. The van der Waals surface area contributed by atoms with E-state index < -0.39 is 10.3 Å². The summed E-state index contributed by atoms with van der Waals surface area (Å²) in [6, 6.07) is 17.0. The average molecular weight is 460 g/mol. The Balaban J connectivity index is 1.94. The smallest absolute Gasteiger partial charge is 0.365 e. The first-order valence-electron chi connectivity index (χ1n) is 9.06. The van der Waals surface area contributed by atoms with Crippen LogP contribution in [0.4, 0.5) is 11.4 Å². The van der Waals surface area contributed by atoms with Crippen LogP contribution in [0.25, 0.3) is 0 Å². The first-order valence-corrected chi connectivity index (χ1v) is 11.1. The van der Waals surface area contributed by atoms with E-state index in [4.69, 9.17) is 16.3 Å². The van der Waals surface area contributed by atoms with Gasteiger partial charge < -0.3 is 9.64 Å². The maximum Gasteiger partial charge on any atom is 0.365 e. The van der Waals surface area contributed by atoms with Crippen LogP contribution in [0.2, 0.25) is 5.02 Å². The highest BCUT2D eigenvalue weighted by Gasteiger charge is 2.58. The van der Waals surface area contributed by atoms with Gasteiger partial charge >= 0.3 is 5.97 Å². The normalized spacial score (nSPS) is 20.7. The Kier molecular flexibility index (Phi) is 5.57. The zero-order chi connectivity index (χ0) is 21.5. The second-order valence-electron chi connectivity index (χ2n) is 6.55. The molecule has 4 rings (SSSR count). The molecular weight excluding hydrogens is 442 g/mol. The van der Waals surface area contributed by atoms with Crippen LogP contribution in [0.3, 0.4) is 0 Å². The molecule has 0 saturated carbocycles. The molecule has 2 aromatic carbocycles. The molecule has 2 aliphatic heterocycles. The van der Waals surface area contributed by atoms with Crippen LogP contribution in [0.15, 0.2) is 70.3 Å². The Morgan fingerprint density at radius 3 is 2.37 bits per heavy atom. The van der Waals surface area contributed by atoms with Crippen molar-refractivity contribution in [1.82, 2.24) is 0 Å². The fraction of sp³-hybridized carbons (Fsp3) is 0.190. The molecule has 9 heteroatoms. The van der Waals surface area contributed by atoms with Crippen molar-refractivity contribution < 1.29 is 14.3 Å². The Morgan fingerprint density at radius 2 is 1.73 bits per heavy atom. The van der Waals surface area contributed by atoms with E-state index in [2.05, 4.69) is 5.10 Å². The quantitative estimate of drug-likeness (QED) is 0.592. The van der Waals surface area contributed by atoms with Crippen LogP contribution in [0, 0.1) is 0 Å². The highest BCUT2D eigenvalue weighted by Crippen LogP contribution is 2.60. The lowest BCUT2D eigenvalue weighted by Crippen LogP contribution is -2.49. The van der Waals surface area contributed by atoms with E-state index in [9.17, 15) is 9.59 Å². The van der Waals surface area contributed by atoms with E-state index in [0.29, 0.717) is 15.6 Å². The van der Waals surface area contributed by atoms with Gasteiger partial charge in [0.05, 0.1) is 22.7 Å². The molecule has 1 atom stereocenters. The SMILES string of the molecule is COC(=O)C1=NN(c2ccccc2Cl)[C@]2(S1)SC(C(C)=O)=C(C)N2c1ccccc1. The zero-order valence-electron chi connectivity index (χ0n) is 16.5. The maximum absolute atomic E-state index is 12.5. The minimum atomic E-state index is -0.985. The number of esters is 1. The number of carbonyl (C=O) groups excluding carboxylic acids is 2. The Labute approximate surface area is 187 Å². The largest absolute Gasteiger partial charge is 0.464 e. The predicted octanol–water partition coefficient (Wildman–Crippen LogP) is 5.06. The van der Waals surface area contributed by atoms with Crippen molar-refractivity contribution in [2.75, 3.05) is 17.0 Å². The number of allylic oxidation sites excluding steroid dienone is 2. The number of benzene rings is 2. The van der Waals surface area contributed by atoms with Gasteiger partial charge in [-0.2, -0.15) is 5.10 Å². The molecule has 0 bridgehead atoms. The molecule has 0 saturated heterocycles. The third-order valence-corrected chi connectivity index (χ3v) is 7.94. The van der Waals surface area contributed by atoms with Crippen LogP contribution >= 0.6 is 35.1 Å². The lowest BCUT2D eigenvalue weighted by atomic mass is 10.2. The van der Waals surface area contributed by atoms with Gasteiger partial charge in [0.2, 0.25) is 9.37 Å². The van der Waals surface area contributed by atoms with Gasteiger partial charge in [0.25, 0.3) is 0 Å². The maximum atomic E-state index is 12.5. The van der Waals surface area contributed by atoms with Gasteiger partial charge in [0, 0.05) is 11.4 Å². The summed E-state index contributed by atoms with van der Waals surface area (Å²) < 4.78 is 3.95. The summed E-state index contributed by atoms with van der Waals surface area (Å²) in [7, 11) is 1.32. The topological polar surface area (TPSA) is 62.2 Å². The molecule has 2 aromatic rings. The van der Waals surface area contributed by atoms with Crippen LogP contribution in [-0.2, 0) is 14.3 Å². The fourth-order valence-corrected chi connectivity index (χ4v) is 6.55. The standard InChI is InChI=1S/C21H18ClN3O3S2/c1-13-18(14(2)26)29-21(24(13)15-9-5-4-6-10-15)25(17-12-8-7-11-16(17)22)23-19(30-21)20(27)28-3/h4-12H,1-3H3/t21-/m0/s1. The van der Waals surface area contributed by atoms with Gasteiger partial charge in [0.15, 0.2) is 5.78 Å². The van der Waals surface area contributed by atoms with Crippen LogP contribution in [0.5, 0.6) is 0 Å². The fourth-order valence-electron chi connectivity index (χ4n) is 3.37. The molecule has 1 spiro atoms. The van der Waals surface area contributed by atoms with Gasteiger partial charge in [-0.25, -0.2) is 9.80 Å². The van der Waals surface area contributed by atoms with Crippen molar-refractivity contribution >= 4 is 63.3 Å². The van der Waals surface area contributed by atoms with E-state index in [0.717, 1.165) is 11.4 Å². The summed E-state index contributed by atoms with van der Waals surface area (Å²) in [4.78, 5) is 27.5.